The molecule has 4 nitrogen and oxygen atoms in total. The van der Waals surface area contributed by atoms with E-state index in [1.165, 1.54) is 0 Å². The standard InChI is InChI=1S/C15H21ClN2O2/c1-11(17)12-3-2-8-18(9-12)15(19)10-20-14-6-4-13(16)5-7-14/h4-7,11-12H,2-3,8-10,17H2,1H3/t11-,12-/m0/s1. The number of hydrogen-bond donors (Lipinski definition) is 1. The lowest BCUT2D eigenvalue weighted by Gasteiger charge is -2.34. The summed E-state index contributed by atoms with van der Waals surface area (Å²) in [4.78, 5) is 14.0. The van der Waals surface area contributed by atoms with Crippen LogP contribution in [0.5, 0.6) is 5.75 Å². The highest BCUT2D eigenvalue weighted by atomic mass is 35.5. The Bertz CT molecular complexity index is 448. The number of carbonyl (C=O) groups excluding carboxylic acids is 1. The molecule has 1 fully saturated rings. The first-order valence-corrected chi connectivity index (χ1v) is 7.36. The van der Waals surface area contributed by atoms with Crippen molar-refractivity contribution in [3.05, 3.63) is 29.3 Å². The van der Waals surface area contributed by atoms with Crippen LogP contribution in [-0.4, -0.2) is 36.5 Å². The van der Waals surface area contributed by atoms with Crippen molar-refractivity contribution in [3.63, 3.8) is 0 Å². The fraction of sp³-hybridized carbons (Fsp3) is 0.533. The summed E-state index contributed by atoms with van der Waals surface area (Å²) < 4.78 is 5.49. The molecule has 1 heterocycles. The molecule has 2 rings (SSSR count). The van der Waals surface area contributed by atoms with Crippen molar-refractivity contribution in [2.45, 2.75) is 25.8 Å². The second-order valence-corrected chi connectivity index (χ2v) is 5.78. The van der Waals surface area contributed by atoms with Crippen LogP contribution in [0.15, 0.2) is 24.3 Å². The molecule has 0 aliphatic carbocycles. The van der Waals surface area contributed by atoms with Gasteiger partial charge < -0.3 is 15.4 Å². The third-order valence-corrected chi connectivity index (χ3v) is 3.98. The molecular formula is C15H21ClN2O2. The molecule has 1 aromatic rings. The minimum Gasteiger partial charge on any atom is -0.484 e. The Labute approximate surface area is 124 Å². The van der Waals surface area contributed by atoms with Crippen LogP contribution in [-0.2, 0) is 4.79 Å². The molecule has 1 aromatic carbocycles. The summed E-state index contributed by atoms with van der Waals surface area (Å²) in [6.07, 6.45) is 2.11. The molecule has 1 saturated heterocycles. The van der Waals surface area contributed by atoms with Gasteiger partial charge in [0.05, 0.1) is 0 Å². The number of benzene rings is 1. The molecule has 20 heavy (non-hydrogen) atoms. The number of carbonyl (C=O) groups is 1. The molecule has 0 radical (unpaired) electrons. The largest absolute Gasteiger partial charge is 0.484 e. The lowest BCUT2D eigenvalue weighted by Crippen LogP contribution is -2.46. The first-order valence-electron chi connectivity index (χ1n) is 6.98. The third-order valence-electron chi connectivity index (χ3n) is 3.73. The topological polar surface area (TPSA) is 55.6 Å². The molecule has 0 spiro atoms. The molecule has 2 N–H and O–H groups in total. The number of ether oxygens (including phenoxy) is 1. The van der Waals surface area contributed by atoms with Crippen LogP contribution in [0.4, 0.5) is 0 Å². The first-order chi connectivity index (χ1) is 9.56. The first kappa shape index (κ1) is 15.1. The van der Waals surface area contributed by atoms with E-state index in [9.17, 15) is 4.79 Å². The second-order valence-electron chi connectivity index (χ2n) is 5.34. The Balaban J connectivity index is 1.83. The van der Waals surface area contributed by atoms with E-state index >= 15 is 0 Å². The van der Waals surface area contributed by atoms with Gasteiger partial charge in [-0.3, -0.25) is 4.79 Å². The summed E-state index contributed by atoms with van der Waals surface area (Å²) in [5, 5.41) is 0.652. The van der Waals surface area contributed by atoms with Gasteiger partial charge in [0.2, 0.25) is 0 Å². The molecule has 110 valence electrons. The maximum absolute atomic E-state index is 12.1. The number of nitrogens with two attached hydrogens (primary N) is 1. The summed E-state index contributed by atoms with van der Waals surface area (Å²) in [7, 11) is 0. The lowest BCUT2D eigenvalue weighted by atomic mass is 9.92. The molecule has 5 heteroatoms. The maximum Gasteiger partial charge on any atom is 0.260 e. The predicted molar refractivity (Wildman–Crippen MR) is 79.9 cm³/mol. The molecule has 0 saturated carbocycles. The third kappa shape index (κ3) is 4.12. The molecule has 1 amide bonds. The van der Waals surface area contributed by atoms with E-state index in [0.29, 0.717) is 16.7 Å². The lowest BCUT2D eigenvalue weighted by molar-refractivity contribution is -0.135. The van der Waals surface area contributed by atoms with Crippen LogP contribution in [0.1, 0.15) is 19.8 Å². The molecule has 1 aliphatic rings. The van der Waals surface area contributed by atoms with Gasteiger partial charge in [-0.05, 0) is 49.9 Å². The van der Waals surface area contributed by atoms with Crippen molar-refractivity contribution >= 4 is 17.5 Å². The molecule has 0 unspecified atom stereocenters. The van der Waals surface area contributed by atoms with Crippen molar-refractivity contribution in [1.82, 2.24) is 4.90 Å². The fourth-order valence-corrected chi connectivity index (χ4v) is 2.56. The quantitative estimate of drug-likeness (QED) is 0.927. The van der Waals surface area contributed by atoms with Crippen molar-refractivity contribution in [1.29, 1.82) is 0 Å². The van der Waals surface area contributed by atoms with Crippen molar-refractivity contribution < 1.29 is 9.53 Å². The van der Waals surface area contributed by atoms with Crippen LogP contribution in [0.2, 0.25) is 5.02 Å². The minimum absolute atomic E-state index is 0.0188. The number of rotatable bonds is 4. The smallest absolute Gasteiger partial charge is 0.260 e. The highest BCUT2D eigenvalue weighted by Crippen LogP contribution is 2.19. The zero-order valence-corrected chi connectivity index (χ0v) is 12.5. The molecule has 1 aliphatic heterocycles. The van der Waals surface area contributed by atoms with E-state index < -0.39 is 0 Å². The van der Waals surface area contributed by atoms with Gasteiger partial charge in [-0.25, -0.2) is 0 Å². The van der Waals surface area contributed by atoms with E-state index in [4.69, 9.17) is 22.1 Å². The molecule has 2 atom stereocenters. The van der Waals surface area contributed by atoms with Gasteiger partial charge in [-0.2, -0.15) is 0 Å². The van der Waals surface area contributed by atoms with E-state index in [2.05, 4.69) is 0 Å². The SMILES string of the molecule is C[C@H](N)[C@H]1CCCN(C(=O)COc2ccc(Cl)cc2)C1. The average Bonchev–Trinajstić information content (AvgIpc) is 2.46. The van der Waals surface area contributed by atoms with Gasteiger partial charge in [0.25, 0.3) is 5.91 Å². The zero-order chi connectivity index (χ0) is 14.5. The van der Waals surface area contributed by atoms with Crippen molar-refractivity contribution in [3.8, 4) is 5.75 Å². The number of hydrogen-bond acceptors (Lipinski definition) is 3. The van der Waals surface area contributed by atoms with Crippen LogP contribution < -0.4 is 10.5 Å². The molecule has 0 bridgehead atoms. The maximum atomic E-state index is 12.1. The average molecular weight is 297 g/mol. The summed E-state index contributed by atoms with van der Waals surface area (Å²) >= 11 is 5.80. The Kier molecular flexibility index (Phi) is 5.26. The Morgan fingerprint density at radius 3 is 2.85 bits per heavy atom. The number of halogens is 1. The molecular weight excluding hydrogens is 276 g/mol. The highest BCUT2D eigenvalue weighted by Gasteiger charge is 2.25. The van der Waals surface area contributed by atoms with Gasteiger partial charge in [-0.15, -0.1) is 0 Å². The second kappa shape index (κ2) is 6.95. The van der Waals surface area contributed by atoms with Gasteiger partial charge in [0, 0.05) is 24.2 Å². The Morgan fingerprint density at radius 1 is 1.50 bits per heavy atom. The minimum atomic E-state index is 0.0188. The van der Waals surface area contributed by atoms with Crippen molar-refractivity contribution in [2.75, 3.05) is 19.7 Å². The summed E-state index contributed by atoms with van der Waals surface area (Å²) in [5.74, 6) is 1.07. The monoisotopic (exact) mass is 296 g/mol. The Morgan fingerprint density at radius 2 is 2.20 bits per heavy atom. The van der Waals surface area contributed by atoms with E-state index in [1.54, 1.807) is 24.3 Å². The van der Waals surface area contributed by atoms with Gasteiger partial charge in [0.15, 0.2) is 6.61 Å². The highest BCUT2D eigenvalue weighted by molar-refractivity contribution is 6.30. The number of amides is 1. The molecule has 0 aromatic heterocycles. The summed E-state index contributed by atoms with van der Waals surface area (Å²) in [6.45, 7) is 3.60. The zero-order valence-electron chi connectivity index (χ0n) is 11.7. The van der Waals surface area contributed by atoms with E-state index in [-0.39, 0.29) is 18.6 Å². The number of likely N-dealkylation sites (tertiary alicyclic amines) is 1. The summed E-state index contributed by atoms with van der Waals surface area (Å²) in [6, 6.07) is 7.14. The predicted octanol–water partition coefficient (Wildman–Crippen LogP) is 2.30. The van der Waals surface area contributed by atoms with Crippen LogP contribution in [0.3, 0.4) is 0 Å². The van der Waals surface area contributed by atoms with Crippen LogP contribution >= 0.6 is 11.6 Å². The van der Waals surface area contributed by atoms with E-state index in [0.717, 1.165) is 25.9 Å². The van der Waals surface area contributed by atoms with E-state index in [1.807, 2.05) is 11.8 Å². The fourth-order valence-electron chi connectivity index (χ4n) is 2.43. The van der Waals surface area contributed by atoms with Gasteiger partial charge in [0.1, 0.15) is 5.75 Å². The summed E-state index contributed by atoms with van der Waals surface area (Å²) in [5.41, 5.74) is 5.93. The Hall–Kier alpha value is -1.26. The van der Waals surface area contributed by atoms with Crippen LogP contribution in [0.25, 0.3) is 0 Å². The number of nitrogens with zero attached hydrogens (tertiary/aromatic N) is 1. The normalized spacial score (nSPS) is 20.6. The van der Waals surface area contributed by atoms with Gasteiger partial charge in [-0.1, -0.05) is 11.6 Å². The van der Waals surface area contributed by atoms with Crippen molar-refractivity contribution in [2.24, 2.45) is 11.7 Å². The number of piperidine rings is 1. The van der Waals surface area contributed by atoms with Gasteiger partial charge >= 0.3 is 0 Å². The van der Waals surface area contributed by atoms with Crippen LogP contribution in [0, 0.1) is 5.92 Å².